The Kier molecular flexibility index (Phi) is 2.20. The van der Waals surface area contributed by atoms with E-state index >= 15 is 0 Å². The lowest BCUT2D eigenvalue weighted by Crippen LogP contribution is -1.96. The minimum atomic E-state index is 0.760. The summed E-state index contributed by atoms with van der Waals surface area (Å²) in [5.41, 5.74) is 6.21. The van der Waals surface area contributed by atoms with Gasteiger partial charge in [-0.1, -0.05) is 41.9 Å². The third-order valence-electron chi connectivity index (χ3n) is 4.29. The van der Waals surface area contributed by atoms with Gasteiger partial charge in [0.1, 0.15) is 5.52 Å². The van der Waals surface area contributed by atoms with E-state index in [1.807, 2.05) is 30.3 Å². The molecule has 0 spiro atoms. The van der Waals surface area contributed by atoms with E-state index in [0.717, 1.165) is 43.8 Å². The summed E-state index contributed by atoms with van der Waals surface area (Å²) in [5.74, 6) is 0. The molecule has 3 aromatic heterocycles. The molecule has 4 heteroatoms. The van der Waals surface area contributed by atoms with E-state index in [0.29, 0.717) is 0 Å². The van der Waals surface area contributed by atoms with Gasteiger partial charge in [0.25, 0.3) is 0 Å². The van der Waals surface area contributed by atoms with E-state index < -0.39 is 0 Å². The maximum absolute atomic E-state index is 6.67. The Morgan fingerprint density at radius 2 is 1.68 bits per heavy atom. The summed E-state index contributed by atoms with van der Waals surface area (Å²) in [4.78, 5) is 4.82. The van der Waals surface area contributed by atoms with Crippen molar-refractivity contribution in [3.8, 4) is 0 Å². The molecule has 2 aromatic carbocycles. The zero-order chi connectivity index (χ0) is 14.8. The van der Waals surface area contributed by atoms with Crippen LogP contribution < -0.4 is 0 Å². The van der Waals surface area contributed by atoms with Crippen LogP contribution in [0.3, 0.4) is 0 Å². The number of rotatable bonds is 0. The predicted octanol–water partition coefficient (Wildman–Crippen LogP) is 4.86. The van der Waals surface area contributed by atoms with Crippen molar-refractivity contribution in [2.75, 3.05) is 0 Å². The van der Waals surface area contributed by atoms with Crippen LogP contribution in [0.1, 0.15) is 5.69 Å². The zero-order valence-corrected chi connectivity index (χ0v) is 12.7. The number of benzene rings is 2. The van der Waals surface area contributed by atoms with E-state index in [1.54, 1.807) is 0 Å². The van der Waals surface area contributed by atoms with Crippen molar-refractivity contribution in [2.24, 2.45) is 0 Å². The van der Waals surface area contributed by atoms with E-state index in [4.69, 9.17) is 16.6 Å². The number of hydrogen-bond acceptors (Lipinski definition) is 1. The normalized spacial score (nSPS) is 12.1. The minimum absolute atomic E-state index is 0.760. The lowest BCUT2D eigenvalue weighted by atomic mass is 10.2. The molecule has 0 N–H and O–H groups in total. The highest BCUT2D eigenvalue weighted by atomic mass is 35.5. The summed E-state index contributed by atoms with van der Waals surface area (Å²) >= 11 is 6.67. The topological polar surface area (TPSA) is 21.7 Å². The fourth-order valence-corrected chi connectivity index (χ4v) is 3.68. The summed E-state index contributed by atoms with van der Waals surface area (Å²) in [5, 5.41) is 1.82. The number of nitrogens with zero attached hydrogens (tertiary/aromatic N) is 3. The lowest BCUT2D eigenvalue weighted by Gasteiger charge is -2.05. The second-order valence-electron chi connectivity index (χ2n) is 5.58. The van der Waals surface area contributed by atoms with Gasteiger partial charge in [-0.2, -0.15) is 0 Å². The molecular weight excluding hydrogens is 294 g/mol. The third kappa shape index (κ3) is 1.34. The first-order chi connectivity index (χ1) is 10.8. The largest absolute Gasteiger partial charge is 0.310 e. The third-order valence-corrected chi connectivity index (χ3v) is 4.67. The second kappa shape index (κ2) is 4.02. The minimum Gasteiger partial charge on any atom is -0.310 e. The summed E-state index contributed by atoms with van der Waals surface area (Å²) in [6.45, 7) is 2.10. The first-order valence-electron chi connectivity index (χ1n) is 7.21. The smallest absolute Gasteiger partial charge is 0.164 e. The summed E-state index contributed by atoms with van der Waals surface area (Å²) < 4.78 is 4.32. The Balaban J connectivity index is 2.17. The molecule has 3 heterocycles. The van der Waals surface area contributed by atoms with E-state index in [-0.39, 0.29) is 0 Å². The molecule has 0 aliphatic heterocycles. The van der Waals surface area contributed by atoms with Gasteiger partial charge in [0.05, 0.1) is 21.6 Å². The van der Waals surface area contributed by atoms with Gasteiger partial charge < -0.3 is 4.40 Å². The standard InChI is InChI=1S/C18H12ClN3/c1-11-10-21-14-8-4-2-6-12(14)16(19)17(21)18-20-13-7-3-5-9-15(13)22(11)18/h2-10H,1H3. The highest BCUT2D eigenvalue weighted by molar-refractivity contribution is 6.40. The van der Waals surface area contributed by atoms with Crippen LogP contribution in [0.2, 0.25) is 5.02 Å². The lowest BCUT2D eigenvalue weighted by molar-refractivity contribution is 1.06. The number of halogens is 1. The first kappa shape index (κ1) is 12.1. The molecule has 0 saturated carbocycles. The Morgan fingerprint density at radius 3 is 2.55 bits per heavy atom. The highest BCUT2D eigenvalue weighted by Gasteiger charge is 2.17. The van der Waals surface area contributed by atoms with Crippen LogP contribution in [-0.2, 0) is 0 Å². The van der Waals surface area contributed by atoms with Crippen LogP contribution in [0, 0.1) is 6.92 Å². The van der Waals surface area contributed by atoms with Gasteiger partial charge in [-0.05, 0) is 25.1 Å². The summed E-state index contributed by atoms with van der Waals surface area (Å²) in [6, 6.07) is 16.4. The molecule has 0 radical (unpaired) electrons. The van der Waals surface area contributed by atoms with Gasteiger partial charge in [0.15, 0.2) is 5.65 Å². The van der Waals surface area contributed by atoms with E-state index in [1.165, 1.54) is 0 Å². The predicted molar refractivity (Wildman–Crippen MR) is 90.9 cm³/mol. The van der Waals surface area contributed by atoms with Gasteiger partial charge in [0.2, 0.25) is 0 Å². The average molecular weight is 306 g/mol. The van der Waals surface area contributed by atoms with Crippen LogP contribution in [0.15, 0.2) is 54.7 Å². The van der Waals surface area contributed by atoms with Crippen LogP contribution >= 0.6 is 11.6 Å². The summed E-state index contributed by atoms with van der Waals surface area (Å²) in [7, 11) is 0. The van der Waals surface area contributed by atoms with Crippen molar-refractivity contribution in [2.45, 2.75) is 6.92 Å². The Bertz CT molecular complexity index is 1200. The highest BCUT2D eigenvalue weighted by Crippen LogP contribution is 2.34. The molecule has 0 atom stereocenters. The van der Waals surface area contributed by atoms with E-state index in [9.17, 15) is 0 Å². The van der Waals surface area contributed by atoms with Gasteiger partial charge in [-0.25, -0.2) is 4.98 Å². The molecule has 0 fully saturated rings. The van der Waals surface area contributed by atoms with Gasteiger partial charge >= 0.3 is 0 Å². The van der Waals surface area contributed by atoms with Gasteiger partial charge in [-0.15, -0.1) is 0 Å². The van der Waals surface area contributed by atoms with Crippen molar-refractivity contribution < 1.29 is 0 Å². The average Bonchev–Trinajstić information content (AvgIpc) is 3.05. The molecule has 0 unspecified atom stereocenters. The fraction of sp³-hybridized carbons (Fsp3) is 0.0556. The molecule has 0 aliphatic rings. The quantitative estimate of drug-likeness (QED) is 0.400. The number of imidazole rings is 1. The monoisotopic (exact) mass is 305 g/mol. The molecule has 0 saturated heterocycles. The fourth-order valence-electron chi connectivity index (χ4n) is 3.35. The molecule has 3 nitrogen and oxygen atoms in total. The molecule has 5 rings (SSSR count). The Hall–Kier alpha value is -2.52. The molecule has 106 valence electrons. The first-order valence-corrected chi connectivity index (χ1v) is 7.58. The van der Waals surface area contributed by atoms with Gasteiger partial charge in [0, 0.05) is 17.3 Å². The van der Waals surface area contributed by atoms with E-state index in [2.05, 4.69) is 40.1 Å². The van der Waals surface area contributed by atoms with Crippen LogP contribution in [-0.4, -0.2) is 13.8 Å². The van der Waals surface area contributed by atoms with Crippen molar-refractivity contribution in [1.29, 1.82) is 0 Å². The number of fused-ring (bicyclic) bond motifs is 7. The number of hydrogen-bond donors (Lipinski definition) is 0. The SMILES string of the molecule is Cc1cn2c3ccccc3c(Cl)c2c2nc3ccccc3n12. The number of aryl methyl sites for hydroxylation is 1. The second-order valence-corrected chi connectivity index (χ2v) is 5.96. The molecule has 0 amide bonds. The molecule has 22 heavy (non-hydrogen) atoms. The number of para-hydroxylation sites is 3. The van der Waals surface area contributed by atoms with Crippen LogP contribution in [0.5, 0.6) is 0 Å². The summed E-state index contributed by atoms with van der Waals surface area (Å²) in [6.07, 6.45) is 2.13. The Labute approximate surface area is 131 Å². The molecular formula is C18H12ClN3. The van der Waals surface area contributed by atoms with Crippen LogP contribution in [0.4, 0.5) is 0 Å². The number of aromatic nitrogens is 3. The molecule has 5 aromatic rings. The van der Waals surface area contributed by atoms with Crippen molar-refractivity contribution in [3.05, 3.63) is 65.4 Å². The molecule has 0 bridgehead atoms. The maximum atomic E-state index is 6.67. The molecule has 0 aliphatic carbocycles. The van der Waals surface area contributed by atoms with Crippen LogP contribution in [0.25, 0.3) is 33.1 Å². The van der Waals surface area contributed by atoms with Gasteiger partial charge in [-0.3, -0.25) is 4.40 Å². The van der Waals surface area contributed by atoms with Crippen molar-refractivity contribution in [1.82, 2.24) is 13.8 Å². The van der Waals surface area contributed by atoms with Crippen molar-refractivity contribution in [3.63, 3.8) is 0 Å². The van der Waals surface area contributed by atoms with Crippen molar-refractivity contribution >= 4 is 44.7 Å². The maximum Gasteiger partial charge on any atom is 0.164 e. The zero-order valence-electron chi connectivity index (χ0n) is 11.9. The Morgan fingerprint density at radius 1 is 0.955 bits per heavy atom.